The van der Waals surface area contributed by atoms with Crippen LogP contribution in [-0.4, -0.2) is 18.8 Å². The van der Waals surface area contributed by atoms with Crippen LogP contribution in [0, 0.1) is 0 Å². The van der Waals surface area contributed by atoms with Gasteiger partial charge in [0.25, 0.3) is 0 Å². The SMILES string of the molecule is C=NN(C)C(C)=C(C)C. The van der Waals surface area contributed by atoms with Crippen molar-refractivity contribution in [1.82, 2.24) is 5.01 Å². The average molecular weight is 126 g/mol. The first kappa shape index (κ1) is 8.21. The molecular weight excluding hydrogens is 112 g/mol. The largest absolute Gasteiger partial charge is 0.274 e. The maximum absolute atomic E-state index is 3.74. The Morgan fingerprint density at radius 1 is 1.33 bits per heavy atom. The van der Waals surface area contributed by atoms with E-state index in [1.807, 2.05) is 14.0 Å². The second kappa shape index (κ2) is 3.28. The normalized spacial score (nSPS) is 8.44. The first-order valence-electron chi connectivity index (χ1n) is 2.94. The van der Waals surface area contributed by atoms with E-state index in [0.29, 0.717) is 0 Å². The van der Waals surface area contributed by atoms with Crippen LogP contribution in [0.2, 0.25) is 0 Å². The molecule has 0 aliphatic carbocycles. The van der Waals surface area contributed by atoms with Gasteiger partial charge in [-0.3, -0.25) is 5.01 Å². The van der Waals surface area contributed by atoms with E-state index in [0.717, 1.165) is 5.70 Å². The number of hydrogen-bond donors (Lipinski definition) is 0. The molecule has 0 rings (SSSR count). The van der Waals surface area contributed by atoms with Crippen molar-refractivity contribution in [1.29, 1.82) is 0 Å². The lowest BCUT2D eigenvalue weighted by molar-refractivity contribution is 0.446. The second-order valence-corrected chi connectivity index (χ2v) is 2.25. The predicted molar refractivity (Wildman–Crippen MR) is 41.4 cm³/mol. The summed E-state index contributed by atoms with van der Waals surface area (Å²) in [5.74, 6) is 0. The number of hydrogen-bond acceptors (Lipinski definition) is 2. The van der Waals surface area contributed by atoms with Gasteiger partial charge in [0, 0.05) is 19.5 Å². The van der Waals surface area contributed by atoms with Gasteiger partial charge in [0.1, 0.15) is 0 Å². The summed E-state index contributed by atoms with van der Waals surface area (Å²) in [4.78, 5) is 0. The number of allylic oxidation sites excluding steroid dienone is 2. The zero-order valence-electron chi connectivity index (χ0n) is 6.60. The molecule has 0 aromatic rings. The zero-order chi connectivity index (χ0) is 7.44. The van der Waals surface area contributed by atoms with Gasteiger partial charge in [0.05, 0.1) is 0 Å². The van der Waals surface area contributed by atoms with E-state index in [4.69, 9.17) is 0 Å². The molecule has 0 amide bonds. The van der Waals surface area contributed by atoms with E-state index in [2.05, 4.69) is 25.7 Å². The fourth-order valence-electron chi connectivity index (χ4n) is 0.430. The fourth-order valence-corrected chi connectivity index (χ4v) is 0.430. The summed E-state index contributed by atoms with van der Waals surface area (Å²) >= 11 is 0. The van der Waals surface area contributed by atoms with E-state index >= 15 is 0 Å². The average Bonchev–Trinajstić information content (AvgIpc) is 1.84. The van der Waals surface area contributed by atoms with Gasteiger partial charge in [-0.05, 0) is 20.8 Å². The summed E-state index contributed by atoms with van der Waals surface area (Å²) in [5, 5.41) is 5.49. The standard InChI is InChI=1S/C7H14N2/c1-6(2)7(3)9(5)8-4/h4H2,1-3,5H3. The van der Waals surface area contributed by atoms with Gasteiger partial charge in [-0.1, -0.05) is 5.57 Å². The highest BCUT2D eigenvalue weighted by atomic mass is 15.4. The summed E-state index contributed by atoms with van der Waals surface area (Å²) in [7, 11) is 1.88. The monoisotopic (exact) mass is 126 g/mol. The summed E-state index contributed by atoms with van der Waals surface area (Å²) in [5.41, 5.74) is 2.43. The molecule has 0 heterocycles. The van der Waals surface area contributed by atoms with Crippen LogP contribution in [0.15, 0.2) is 16.4 Å². The molecule has 0 N–H and O–H groups in total. The third kappa shape index (κ3) is 2.31. The topological polar surface area (TPSA) is 15.6 Å². The minimum absolute atomic E-state index is 1.16. The molecule has 0 aliphatic rings. The molecule has 0 radical (unpaired) electrons. The minimum atomic E-state index is 1.16. The third-order valence-electron chi connectivity index (χ3n) is 1.42. The number of hydrazone groups is 1. The summed E-state index contributed by atoms with van der Waals surface area (Å²) in [6.07, 6.45) is 0. The van der Waals surface area contributed by atoms with Crippen molar-refractivity contribution in [3.63, 3.8) is 0 Å². The first-order valence-corrected chi connectivity index (χ1v) is 2.94. The summed E-state index contributed by atoms with van der Waals surface area (Å²) in [6, 6.07) is 0. The Hall–Kier alpha value is -0.790. The van der Waals surface area contributed by atoms with E-state index in [9.17, 15) is 0 Å². The Labute approximate surface area is 56.9 Å². The highest BCUT2D eigenvalue weighted by Gasteiger charge is 1.94. The Bertz CT molecular complexity index is 132. The van der Waals surface area contributed by atoms with E-state index in [-0.39, 0.29) is 0 Å². The van der Waals surface area contributed by atoms with Gasteiger partial charge >= 0.3 is 0 Å². The van der Waals surface area contributed by atoms with Crippen molar-refractivity contribution < 1.29 is 0 Å². The molecular formula is C7H14N2. The van der Waals surface area contributed by atoms with Crippen molar-refractivity contribution in [3.05, 3.63) is 11.3 Å². The third-order valence-corrected chi connectivity index (χ3v) is 1.42. The van der Waals surface area contributed by atoms with Gasteiger partial charge in [-0.25, -0.2) is 0 Å². The van der Waals surface area contributed by atoms with Gasteiger partial charge < -0.3 is 0 Å². The summed E-state index contributed by atoms with van der Waals surface area (Å²) < 4.78 is 0. The molecule has 0 unspecified atom stereocenters. The highest BCUT2D eigenvalue weighted by molar-refractivity contribution is 5.23. The molecule has 2 heteroatoms. The van der Waals surface area contributed by atoms with E-state index in [1.165, 1.54) is 5.57 Å². The van der Waals surface area contributed by atoms with Crippen LogP contribution in [0.3, 0.4) is 0 Å². The Morgan fingerprint density at radius 2 is 1.78 bits per heavy atom. The maximum Gasteiger partial charge on any atom is 0.0319 e. The summed E-state index contributed by atoms with van der Waals surface area (Å²) in [6.45, 7) is 9.53. The van der Waals surface area contributed by atoms with Crippen LogP contribution in [0.5, 0.6) is 0 Å². The molecule has 0 bridgehead atoms. The van der Waals surface area contributed by atoms with Crippen LogP contribution >= 0.6 is 0 Å². The molecule has 0 saturated carbocycles. The van der Waals surface area contributed by atoms with Crippen molar-refractivity contribution in [2.24, 2.45) is 5.10 Å². The Morgan fingerprint density at radius 3 is 1.89 bits per heavy atom. The van der Waals surface area contributed by atoms with Crippen LogP contribution < -0.4 is 0 Å². The quantitative estimate of drug-likeness (QED) is 0.407. The van der Waals surface area contributed by atoms with Crippen LogP contribution in [-0.2, 0) is 0 Å². The fraction of sp³-hybridized carbons (Fsp3) is 0.571. The van der Waals surface area contributed by atoms with Gasteiger partial charge in [0.15, 0.2) is 0 Å². The Balaban J connectivity index is 4.19. The predicted octanol–water partition coefficient (Wildman–Crippen LogP) is 1.85. The molecule has 0 spiro atoms. The van der Waals surface area contributed by atoms with Crippen molar-refractivity contribution in [2.75, 3.05) is 7.05 Å². The van der Waals surface area contributed by atoms with Gasteiger partial charge in [0.2, 0.25) is 0 Å². The molecule has 0 saturated heterocycles. The molecule has 0 aromatic carbocycles. The lowest BCUT2D eigenvalue weighted by Gasteiger charge is -2.13. The molecule has 0 atom stereocenters. The minimum Gasteiger partial charge on any atom is -0.274 e. The van der Waals surface area contributed by atoms with E-state index in [1.54, 1.807) is 5.01 Å². The Kier molecular flexibility index (Phi) is 2.99. The smallest absolute Gasteiger partial charge is 0.0319 e. The van der Waals surface area contributed by atoms with E-state index < -0.39 is 0 Å². The molecule has 9 heavy (non-hydrogen) atoms. The lowest BCUT2D eigenvalue weighted by atomic mass is 10.3. The van der Waals surface area contributed by atoms with Crippen molar-refractivity contribution in [3.8, 4) is 0 Å². The molecule has 2 nitrogen and oxygen atoms in total. The van der Waals surface area contributed by atoms with Crippen LogP contribution in [0.25, 0.3) is 0 Å². The lowest BCUT2D eigenvalue weighted by Crippen LogP contribution is -2.07. The molecule has 0 aromatic heterocycles. The van der Waals surface area contributed by atoms with Crippen LogP contribution in [0.4, 0.5) is 0 Å². The number of rotatable bonds is 2. The maximum atomic E-state index is 3.74. The highest BCUT2D eigenvalue weighted by Crippen LogP contribution is 2.05. The zero-order valence-corrected chi connectivity index (χ0v) is 6.60. The van der Waals surface area contributed by atoms with Gasteiger partial charge in [-0.2, -0.15) is 5.10 Å². The second-order valence-electron chi connectivity index (χ2n) is 2.25. The molecule has 0 aliphatic heterocycles. The first-order chi connectivity index (χ1) is 4.09. The molecule has 52 valence electrons. The van der Waals surface area contributed by atoms with Gasteiger partial charge in [-0.15, -0.1) is 0 Å². The number of nitrogens with zero attached hydrogens (tertiary/aromatic N) is 2. The molecule has 0 fully saturated rings. The van der Waals surface area contributed by atoms with Crippen molar-refractivity contribution >= 4 is 6.72 Å². The van der Waals surface area contributed by atoms with Crippen LogP contribution in [0.1, 0.15) is 20.8 Å². The van der Waals surface area contributed by atoms with Crippen molar-refractivity contribution in [2.45, 2.75) is 20.8 Å².